The summed E-state index contributed by atoms with van der Waals surface area (Å²) in [5.41, 5.74) is 3.85. The number of hydrogen-bond donors (Lipinski definition) is 2. The Morgan fingerprint density at radius 1 is 1.08 bits per heavy atom. The first-order valence-corrected chi connectivity index (χ1v) is 8.78. The molecule has 0 aliphatic rings. The Labute approximate surface area is 141 Å². The van der Waals surface area contributed by atoms with Crippen LogP contribution in [0.2, 0.25) is 0 Å². The fourth-order valence-electron chi connectivity index (χ4n) is 2.60. The summed E-state index contributed by atoms with van der Waals surface area (Å²) in [4.78, 5) is 12.3. The van der Waals surface area contributed by atoms with Crippen LogP contribution in [0.5, 0.6) is 5.75 Å². The van der Waals surface area contributed by atoms with E-state index in [1.807, 2.05) is 32.9 Å². The number of methoxy groups -OCH3 is 1. The molecular weight excluding hydrogens is 328 g/mol. The number of hydrogen-bond acceptors (Lipinski definition) is 4. The monoisotopic (exact) mass is 348 g/mol. The lowest BCUT2D eigenvalue weighted by Gasteiger charge is -2.14. The van der Waals surface area contributed by atoms with Crippen LogP contribution < -0.4 is 15.2 Å². The van der Waals surface area contributed by atoms with E-state index >= 15 is 0 Å². The third-order valence-electron chi connectivity index (χ3n) is 3.65. The van der Waals surface area contributed by atoms with Crippen LogP contribution in [0.3, 0.4) is 0 Å². The Bertz CT molecular complexity index is 882. The molecule has 2 aromatic rings. The average molecular weight is 348 g/mol. The standard InChI is InChI=1S/C17H20N2O4S/c1-10-7-11(2)16(12(3)8-10)19-17(20)13-5-6-14(23-4)15(9-13)24(18,21)22/h5-9H,1-4H3,(H,19,20)(H2,18,21,22). The molecule has 3 N–H and O–H groups in total. The molecule has 24 heavy (non-hydrogen) atoms. The Hall–Kier alpha value is -2.38. The SMILES string of the molecule is COc1ccc(C(=O)Nc2c(C)cc(C)cc2C)cc1S(N)(=O)=O. The van der Waals surface area contributed by atoms with E-state index in [0.29, 0.717) is 5.69 Å². The van der Waals surface area contributed by atoms with Crippen LogP contribution in [0.4, 0.5) is 5.69 Å². The summed E-state index contributed by atoms with van der Waals surface area (Å²) in [6.07, 6.45) is 0. The van der Waals surface area contributed by atoms with E-state index in [2.05, 4.69) is 5.32 Å². The predicted molar refractivity (Wildman–Crippen MR) is 93.0 cm³/mol. The van der Waals surface area contributed by atoms with Crippen molar-refractivity contribution in [1.29, 1.82) is 0 Å². The molecule has 0 atom stereocenters. The lowest BCUT2D eigenvalue weighted by molar-refractivity contribution is 0.102. The van der Waals surface area contributed by atoms with Gasteiger partial charge in [0.05, 0.1) is 7.11 Å². The fourth-order valence-corrected chi connectivity index (χ4v) is 3.33. The first-order valence-electron chi connectivity index (χ1n) is 7.23. The fraction of sp³-hybridized carbons (Fsp3) is 0.235. The van der Waals surface area contributed by atoms with Gasteiger partial charge in [-0.05, 0) is 50.1 Å². The maximum absolute atomic E-state index is 12.5. The Morgan fingerprint density at radius 3 is 2.17 bits per heavy atom. The molecule has 0 aliphatic heterocycles. The van der Waals surface area contributed by atoms with Gasteiger partial charge in [0.1, 0.15) is 10.6 Å². The molecule has 0 unspecified atom stereocenters. The molecule has 0 radical (unpaired) electrons. The molecule has 1 amide bonds. The topological polar surface area (TPSA) is 98.5 Å². The minimum Gasteiger partial charge on any atom is -0.495 e. The molecule has 0 aliphatic carbocycles. The van der Waals surface area contributed by atoms with Crippen molar-refractivity contribution in [1.82, 2.24) is 0 Å². The number of carbonyl (C=O) groups is 1. The van der Waals surface area contributed by atoms with Crippen LogP contribution in [-0.2, 0) is 10.0 Å². The molecule has 0 heterocycles. The smallest absolute Gasteiger partial charge is 0.255 e. The summed E-state index contributed by atoms with van der Waals surface area (Å²) < 4.78 is 28.3. The normalized spacial score (nSPS) is 11.2. The van der Waals surface area contributed by atoms with Gasteiger partial charge in [0.15, 0.2) is 0 Å². The molecule has 0 saturated heterocycles. The van der Waals surface area contributed by atoms with Crippen LogP contribution in [-0.4, -0.2) is 21.4 Å². The highest BCUT2D eigenvalue weighted by Crippen LogP contribution is 2.26. The van der Waals surface area contributed by atoms with Gasteiger partial charge in [0, 0.05) is 11.3 Å². The number of ether oxygens (including phenoxy) is 1. The van der Waals surface area contributed by atoms with Crippen LogP contribution in [0, 0.1) is 20.8 Å². The number of benzene rings is 2. The second-order valence-corrected chi connectivity index (χ2v) is 7.17. The molecule has 0 saturated carbocycles. The highest BCUT2D eigenvalue weighted by atomic mass is 32.2. The van der Waals surface area contributed by atoms with Crippen molar-refractivity contribution in [2.75, 3.05) is 12.4 Å². The quantitative estimate of drug-likeness (QED) is 0.887. The summed E-state index contributed by atoms with van der Waals surface area (Å²) in [6.45, 7) is 5.78. The molecule has 6 nitrogen and oxygen atoms in total. The Kier molecular flexibility index (Phi) is 4.96. The summed E-state index contributed by atoms with van der Waals surface area (Å²) in [6, 6.07) is 8.03. The van der Waals surface area contributed by atoms with E-state index in [-0.39, 0.29) is 16.2 Å². The van der Waals surface area contributed by atoms with Crippen molar-refractivity contribution in [2.45, 2.75) is 25.7 Å². The number of amides is 1. The number of carbonyl (C=O) groups excluding carboxylic acids is 1. The average Bonchev–Trinajstić information content (AvgIpc) is 2.49. The van der Waals surface area contributed by atoms with Crippen molar-refractivity contribution >= 4 is 21.6 Å². The van der Waals surface area contributed by atoms with E-state index < -0.39 is 15.9 Å². The maximum Gasteiger partial charge on any atom is 0.255 e. The van der Waals surface area contributed by atoms with E-state index in [1.54, 1.807) is 0 Å². The van der Waals surface area contributed by atoms with Crippen molar-refractivity contribution in [2.24, 2.45) is 5.14 Å². The maximum atomic E-state index is 12.5. The highest BCUT2D eigenvalue weighted by molar-refractivity contribution is 7.89. The van der Waals surface area contributed by atoms with Gasteiger partial charge in [-0.2, -0.15) is 0 Å². The lowest BCUT2D eigenvalue weighted by atomic mass is 10.0. The van der Waals surface area contributed by atoms with Gasteiger partial charge in [0.2, 0.25) is 10.0 Å². The van der Waals surface area contributed by atoms with Crippen LogP contribution in [0.15, 0.2) is 35.2 Å². The van der Waals surface area contributed by atoms with E-state index in [1.165, 1.54) is 25.3 Å². The summed E-state index contributed by atoms with van der Waals surface area (Å²) in [5, 5.41) is 8.00. The Morgan fingerprint density at radius 2 is 1.67 bits per heavy atom. The van der Waals surface area contributed by atoms with Crippen LogP contribution >= 0.6 is 0 Å². The van der Waals surface area contributed by atoms with Gasteiger partial charge in [0.25, 0.3) is 5.91 Å². The number of sulfonamides is 1. The van der Waals surface area contributed by atoms with E-state index in [0.717, 1.165) is 16.7 Å². The molecular formula is C17H20N2O4S. The molecule has 0 spiro atoms. The van der Waals surface area contributed by atoms with Gasteiger partial charge >= 0.3 is 0 Å². The van der Waals surface area contributed by atoms with Crippen molar-refractivity contribution < 1.29 is 17.9 Å². The van der Waals surface area contributed by atoms with Crippen molar-refractivity contribution in [3.63, 3.8) is 0 Å². The summed E-state index contributed by atoms with van der Waals surface area (Å²) in [5.74, 6) is -0.325. The minimum atomic E-state index is -4.00. The lowest BCUT2D eigenvalue weighted by Crippen LogP contribution is -2.17. The third kappa shape index (κ3) is 3.74. The predicted octanol–water partition coefficient (Wildman–Crippen LogP) is 2.52. The van der Waals surface area contributed by atoms with Gasteiger partial charge in [-0.3, -0.25) is 4.79 Å². The van der Waals surface area contributed by atoms with Gasteiger partial charge in [-0.1, -0.05) is 17.7 Å². The number of primary sulfonamides is 1. The number of rotatable bonds is 4. The zero-order valence-corrected chi connectivity index (χ0v) is 14.8. The zero-order chi connectivity index (χ0) is 18.1. The molecule has 128 valence electrons. The number of aryl methyl sites for hydroxylation is 3. The summed E-state index contributed by atoms with van der Waals surface area (Å²) in [7, 11) is -2.67. The van der Waals surface area contributed by atoms with Gasteiger partial charge in [-0.25, -0.2) is 13.6 Å². The molecule has 0 fully saturated rings. The minimum absolute atomic E-state index is 0.0942. The number of nitrogens with two attached hydrogens (primary N) is 1. The van der Waals surface area contributed by atoms with Gasteiger partial charge in [-0.15, -0.1) is 0 Å². The zero-order valence-electron chi connectivity index (χ0n) is 14.0. The number of anilines is 1. The van der Waals surface area contributed by atoms with Crippen molar-refractivity contribution in [3.8, 4) is 5.75 Å². The van der Waals surface area contributed by atoms with Crippen LogP contribution in [0.1, 0.15) is 27.0 Å². The van der Waals surface area contributed by atoms with Crippen molar-refractivity contribution in [3.05, 3.63) is 52.6 Å². The largest absolute Gasteiger partial charge is 0.495 e. The van der Waals surface area contributed by atoms with Gasteiger partial charge < -0.3 is 10.1 Å². The van der Waals surface area contributed by atoms with E-state index in [4.69, 9.17) is 9.88 Å². The second kappa shape index (κ2) is 6.62. The molecule has 7 heteroatoms. The molecule has 2 aromatic carbocycles. The first-order chi connectivity index (χ1) is 11.1. The Balaban J connectivity index is 2.41. The molecule has 0 bridgehead atoms. The highest BCUT2D eigenvalue weighted by Gasteiger charge is 2.18. The van der Waals surface area contributed by atoms with Crippen LogP contribution in [0.25, 0.3) is 0 Å². The first kappa shape index (κ1) is 18.0. The second-order valence-electron chi connectivity index (χ2n) is 5.64. The third-order valence-corrected chi connectivity index (χ3v) is 4.58. The molecule has 0 aromatic heterocycles. The number of nitrogens with one attached hydrogen (secondary N) is 1. The van der Waals surface area contributed by atoms with E-state index in [9.17, 15) is 13.2 Å². The summed E-state index contributed by atoms with van der Waals surface area (Å²) >= 11 is 0. The molecule has 2 rings (SSSR count).